The van der Waals surface area contributed by atoms with Crippen LogP contribution in [0.2, 0.25) is 0 Å². The van der Waals surface area contributed by atoms with Gasteiger partial charge in [-0.15, -0.1) is 0 Å². The number of para-hydroxylation sites is 3. The highest BCUT2D eigenvalue weighted by Gasteiger charge is 2.51. The minimum absolute atomic E-state index is 0.102. The van der Waals surface area contributed by atoms with Gasteiger partial charge in [0.05, 0.1) is 16.8 Å². The van der Waals surface area contributed by atoms with E-state index >= 15 is 0 Å². The number of nitrogens with zero attached hydrogens (tertiary/aromatic N) is 2. The summed E-state index contributed by atoms with van der Waals surface area (Å²) in [6.07, 6.45) is 4.53. The molecule has 2 atom stereocenters. The number of ether oxygens (including phenoxy) is 1. The Morgan fingerprint density at radius 2 is 1.09 bits per heavy atom. The third-order valence-electron chi connectivity index (χ3n) is 13.7. The minimum atomic E-state index is -0.561. The van der Waals surface area contributed by atoms with Gasteiger partial charge in [0.2, 0.25) is 0 Å². The molecule has 0 radical (unpaired) electrons. The van der Waals surface area contributed by atoms with Gasteiger partial charge in [0.1, 0.15) is 22.8 Å². The SMILES string of the molecule is CC1C=Cc2c(oc3ccccc23)C1c1ccc(-c2cc(-c3ccccc3-c3cccc4c3Oc3ccccc3C43c4ccccc4-c4ccccc43)nc(-c3ccccc3)n2)cc1. The highest BCUT2D eigenvalue weighted by molar-refractivity contribution is 5.93. The van der Waals surface area contributed by atoms with Crippen LogP contribution >= 0.6 is 0 Å². The quantitative estimate of drug-likeness (QED) is 0.174. The summed E-state index contributed by atoms with van der Waals surface area (Å²) in [5.41, 5.74) is 16.8. The van der Waals surface area contributed by atoms with Gasteiger partial charge in [-0.05, 0) is 57.5 Å². The molecule has 8 aromatic carbocycles. The van der Waals surface area contributed by atoms with E-state index in [1.54, 1.807) is 0 Å². The predicted octanol–water partition coefficient (Wildman–Crippen LogP) is 15.2. The third-order valence-corrected chi connectivity index (χ3v) is 13.7. The van der Waals surface area contributed by atoms with Gasteiger partial charge in [0.15, 0.2) is 5.82 Å². The van der Waals surface area contributed by atoms with Crippen LogP contribution < -0.4 is 4.74 Å². The van der Waals surface area contributed by atoms with Crippen molar-refractivity contribution in [3.8, 4) is 67.7 Å². The standard InChI is InChI=1S/C60H40N2O2/c1-37-30-35-47-45-22-9-13-28-54(45)63-58(47)56(37)39-33-31-38(32-34-39)52-36-53(62-59(61-52)40-16-3-2-4-17-40)44-21-6-5-18-41(44)46-23-15-27-51-57(46)64-55-29-14-12-26-50(55)60(51)48-24-10-7-19-42(48)43-20-8-11-25-49(43)60/h2-37,56H,1H3. The number of aromatic nitrogens is 2. The van der Waals surface area contributed by atoms with E-state index in [2.05, 4.69) is 195 Å². The summed E-state index contributed by atoms with van der Waals surface area (Å²) in [5, 5.41) is 1.16. The number of fused-ring (bicyclic) bond motifs is 12. The van der Waals surface area contributed by atoms with Crippen molar-refractivity contribution < 1.29 is 9.15 Å². The second-order valence-electron chi connectivity index (χ2n) is 17.2. The molecule has 0 saturated heterocycles. The molecule has 64 heavy (non-hydrogen) atoms. The Morgan fingerprint density at radius 1 is 0.484 bits per heavy atom. The number of hydrogen-bond donors (Lipinski definition) is 0. The molecule has 0 fully saturated rings. The monoisotopic (exact) mass is 820 g/mol. The summed E-state index contributed by atoms with van der Waals surface area (Å²) in [5.74, 6) is 3.79. The van der Waals surface area contributed by atoms with Gasteiger partial charge in [-0.1, -0.05) is 201 Å². The number of benzene rings is 8. The van der Waals surface area contributed by atoms with Crippen molar-refractivity contribution in [2.75, 3.05) is 0 Å². The average molecular weight is 821 g/mol. The number of rotatable bonds is 5. The van der Waals surface area contributed by atoms with E-state index in [4.69, 9.17) is 19.1 Å². The fourth-order valence-corrected chi connectivity index (χ4v) is 10.9. The first kappa shape index (κ1) is 36.6. The first-order valence-corrected chi connectivity index (χ1v) is 22.1. The Balaban J connectivity index is 0.965. The zero-order valence-corrected chi connectivity index (χ0v) is 35.1. The second-order valence-corrected chi connectivity index (χ2v) is 17.2. The van der Waals surface area contributed by atoms with E-state index < -0.39 is 5.41 Å². The Hall–Kier alpha value is -8.08. The van der Waals surface area contributed by atoms with Crippen molar-refractivity contribution in [3.63, 3.8) is 0 Å². The van der Waals surface area contributed by atoms with Gasteiger partial charge < -0.3 is 9.15 Å². The smallest absolute Gasteiger partial charge is 0.160 e. The van der Waals surface area contributed by atoms with Crippen molar-refractivity contribution in [2.45, 2.75) is 18.3 Å². The van der Waals surface area contributed by atoms with Crippen molar-refractivity contribution >= 4 is 17.0 Å². The van der Waals surface area contributed by atoms with Gasteiger partial charge in [0, 0.05) is 50.2 Å². The molecule has 0 bridgehead atoms. The lowest BCUT2D eigenvalue weighted by molar-refractivity contribution is 0.438. The Bertz CT molecular complexity index is 3460. The lowest BCUT2D eigenvalue weighted by Crippen LogP contribution is -2.32. The zero-order valence-electron chi connectivity index (χ0n) is 35.1. The molecule has 10 aromatic rings. The lowest BCUT2D eigenvalue weighted by atomic mass is 9.65. The summed E-state index contributed by atoms with van der Waals surface area (Å²) >= 11 is 0. The first-order valence-electron chi connectivity index (χ1n) is 22.1. The van der Waals surface area contributed by atoms with Gasteiger partial charge in [0.25, 0.3) is 0 Å². The van der Waals surface area contributed by atoms with E-state index in [1.807, 2.05) is 24.3 Å². The highest BCUT2D eigenvalue weighted by atomic mass is 16.5. The Kier molecular flexibility index (Phi) is 8.13. The van der Waals surface area contributed by atoms with E-state index in [-0.39, 0.29) is 11.8 Å². The second kappa shape index (κ2) is 14.2. The molecule has 4 nitrogen and oxygen atoms in total. The van der Waals surface area contributed by atoms with Crippen LogP contribution in [0.25, 0.3) is 73.2 Å². The lowest BCUT2D eigenvalue weighted by Gasteiger charge is -2.40. The minimum Gasteiger partial charge on any atom is -0.460 e. The van der Waals surface area contributed by atoms with Crippen molar-refractivity contribution in [1.29, 1.82) is 0 Å². The van der Waals surface area contributed by atoms with Gasteiger partial charge >= 0.3 is 0 Å². The van der Waals surface area contributed by atoms with Crippen LogP contribution in [0.5, 0.6) is 11.5 Å². The van der Waals surface area contributed by atoms with Crippen LogP contribution in [-0.2, 0) is 5.41 Å². The third kappa shape index (κ3) is 5.36. The fourth-order valence-electron chi connectivity index (χ4n) is 10.9. The van der Waals surface area contributed by atoms with Crippen LogP contribution in [0, 0.1) is 5.92 Å². The van der Waals surface area contributed by atoms with Crippen LogP contribution in [0.4, 0.5) is 0 Å². The predicted molar refractivity (Wildman–Crippen MR) is 257 cm³/mol. The molecule has 0 N–H and O–H groups in total. The Morgan fingerprint density at radius 3 is 1.88 bits per heavy atom. The molecule has 3 aliphatic rings. The maximum absolute atomic E-state index is 7.12. The van der Waals surface area contributed by atoms with Crippen molar-refractivity contribution in [2.24, 2.45) is 5.92 Å². The molecule has 302 valence electrons. The number of allylic oxidation sites excluding steroid dienone is 1. The summed E-state index contributed by atoms with van der Waals surface area (Å²) in [6, 6.07) is 71.1. The molecule has 1 spiro atoms. The molecule has 0 saturated carbocycles. The van der Waals surface area contributed by atoms with Crippen LogP contribution in [0.1, 0.15) is 52.0 Å². The molecule has 13 rings (SSSR count). The van der Waals surface area contributed by atoms with E-state index in [0.717, 1.165) is 78.6 Å². The summed E-state index contributed by atoms with van der Waals surface area (Å²) in [4.78, 5) is 10.6. The maximum Gasteiger partial charge on any atom is 0.160 e. The molecule has 4 heteroatoms. The largest absolute Gasteiger partial charge is 0.460 e. The fraction of sp³-hybridized carbons (Fsp3) is 0.0667. The van der Waals surface area contributed by atoms with Gasteiger partial charge in [-0.25, -0.2) is 9.97 Å². The van der Waals surface area contributed by atoms with Crippen LogP contribution in [0.3, 0.4) is 0 Å². The topological polar surface area (TPSA) is 48.2 Å². The Labute approximate surface area is 371 Å². The average Bonchev–Trinajstić information content (AvgIpc) is 3.88. The first-order chi connectivity index (χ1) is 31.6. The zero-order chi connectivity index (χ0) is 42.4. The van der Waals surface area contributed by atoms with Crippen molar-refractivity contribution in [3.05, 3.63) is 245 Å². The molecule has 0 amide bonds. The van der Waals surface area contributed by atoms with Crippen LogP contribution in [0.15, 0.2) is 211 Å². The molecule has 2 unspecified atom stereocenters. The molecular weight excluding hydrogens is 781 g/mol. The molecule has 2 aromatic heterocycles. The van der Waals surface area contributed by atoms with E-state index in [0.29, 0.717) is 5.82 Å². The number of hydrogen-bond acceptors (Lipinski definition) is 4. The highest BCUT2D eigenvalue weighted by Crippen LogP contribution is 2.63. The summed E-state index contributed by atoms with van der Waals surface area (Å²) in [7, 11) is 0. The summed E-state index contributed by atoms with van der Waals surface area (Å²) < 4.78 is 13.7. The van der Waals surface area contributed by atoms with Crippen molar-refractivity contribution in [1.82, 2.24) is 9.97 Å². The van der Waals surface area contributed by atoms with E-state index in [1.165, 1.54) is 33.4 Å². The normalized spacial score (nSPS) is 16.1. The van der Waals surface area contributed by atoms with Crippen LogP contribution in [-0.4, -0.2) is 9.97 Å². The molecule has 2 aliphatic carbocycles. The molecular formula is C60H40N2O2. The van der Waals surface area contributed by atoms with E-state index in [9.17, 15) is 0 Å². The van der Waals surface area contributed by atoms with Gasteiger partial charge in [-0.2, -0.15) is 0 Å². The summed E-state index contributed by atoms with van der Waals surface area (Å²) in [6.45, 7) is 2.27. The molecule has 1 aliphatic heterocycles. The maximum atomic E-state index is 7.12. The van der Waals surface area contributed by atoms with Gasteiger partial charge in [-0.3, -0.25) is 0 Å². The molecule has 3 heterocycles. The number of furan rings is 1.